The summed E-state index contributed by atoms with van der Waals surface area (Å²) in [7, 11) is 0. The molecule has 1 aromatic rings. The average molecular weight is 310 g/mol. The fraction of sp³-hybridized carbons (Fsp3) is 0.733. The van der Waals surface area contributed by atoms with Crippen LogP contribution in [0.2, 0.25) is 0 Å². The van der Waals surface area contributed by atoms with Crippen molar-refractivity contribution in [3.8, 4) is 0 Å². The van der Waals surface area contributed by atoms with E-state index in [2.05, 4.69) is 4.98 Å². The van der Waals surface area contributed by atoms with Gasteiger partial charge in [-0.25, -0.2) is 4.98 Å². The van der Waals surface area contributed by atoms with Gasteiger partial charge in [0.15, 0.2) is 0 Å². The maximum Gasteiger partial charge on any atom is 0.273 e. The van der Waals surface area contributed by atoms with Crippen molar-refractivity contribution in [2.24, 2.45) is 0 Å². The summed E-state index contributed by atoms with van der Waals surface area (Å²) < 4.78 is 11.7. The number of thiazole rings is 1. The Hall–Kier alpha value is -0.980. The normalized spacial score (nSPS) is 24.7. The highest BCUT2D eigenvalue weighted by atomic mass is 32.1. The number of aryl methyl sites for hydroxylation is 1. The molecule has 3 heterocycles. The van der Waals surface area contributed by atoms with Crippen LogP contribution in [0.3, 0.4) is 0 Å². The average Bonchev–Trinajstić information content (AvgIpc) is 3.07. The molecule has 1 spiro atoms. The van der Waals surface area contributed by atoms with Crippen molar-refractivity contribution in [3.05, 3.63) is 16.1 Å². The lowest BCUT2D eigenvalue weighted by Gasteiger charge is -2.38. The van der Waals surface area contributed by atoms with Gasteiger partial charge in [0.1, 0.15) is 5.69 Å². The summed E-state index contributed by atoms with van der Waals surface area (Å²) in [6.45, 7) is 6.85. The van der Waals surface area contributed by atoms with E-state index in [1.165, 1.54) is 11.3 Å². The molecule has 1 atom stereocenters. The highest BCUT2D eigenvalue weighted by molar-refractivity contribution is 7.09. The molecule has 6 heteroatoms. The maximum absolute atomic E-state index is 12.4. The summed E-state index contributed by atoms with van der Waals surface area (Å²) in [6.07, 6.45) is 2.97. The maximum atomic E-state index is 12.4. The van der Waals surface area contributed by atoms with E-state index in [0.29, 0.717) is 12.3 Å². The minimum absolute atomic E-state index is 0.0496. The summed E-state index contributed by atoms with van der Waals surface area (Å²) in [6, 6.07) is 0. The van der Waals surface area contributed by atoms with Gasteiger partial charge in [-0.05, 0) is 26.7 Å². The lowest BCUT2D eigenvalue weighted by molar-refractivity contribution is -0.0408. The van der Waals surface area contributed by atoms with Crippen LogP contribution >= 0.6 is 11.3 Å². The van der Waals surface area contributed by atoms with Crippen molar-refractivity contribution in [1.29, 1.82) is 0 Å². The quantitative estimate of drug-likeness (QED) is 0.859. The van der Waals surface area contributed by atoms with Gasteiger partial charge in [-0.15, -0.1) is 11.3 Å². The second-order valence-corrected chi connectivity index (χ2v) is 6.88. The number of hydrogen-bond donors (Lipinski definition) is 0. The van der Waals surface area contributed by atoms with Gasteiger partial charge in [0, 0.05) is 31.5 Å². The first-order valence-electron chi connectivity index (χ1n) is 7.59. The van der Waals surface area contributed by atoms with Crippen LogP contribution in [-0.2, 0) is 9.47 Å². The van der Waals surface area contributed by atoms with E-state index < -0.39 is 0 Å². The summed E-state index contributed by atoms with van der Waals surface area (Å²) in [5.41, 5.74) is 0.502. The van der Waals surface area contributed by atoms with E-state index in [1.54, 1.807) is 0 Å². The molecule has 2 saturated heterocycles. The highest BCUT2D eigenvalue weighted by Crippen LogP contribution is 2.37. The van der Waals surface area contributed by atoms with Gasteiger partial charge in [0.05, 0.1) is 23.3 Å². The number of ether oxygens (including phenoxy) is 2. The van der Waals surface area contributed by atoms with Gasteiger partial charge in [0.25, 0.3) is 5.91 Å². The number of amides is 1. The number of nitrogens with zero attached hydrogens (tertiary/aromatic N) is 2. The molecule has 2 aliphatic heterocycles. The predicted octanol–water partition coefficient (Wildman–Crippen LogP) is 2.25. The molecular formula is C15H22N2O3S. The topological polar surface area (TPSA) is 51.7 Å². The van der Waals surface area contributed by atoms with E-state index in [9.17, 15) is 4.79 Å². The van der Waals surface area contributed by atoms with Crippen molar-refractivity contribution in [3.63, 3.8) is 0 Å². The zero-order valence-electron chi connectivity index (χ0n) is 12.6. The van der Waals surface area contributed by atoms with Crippen molar-refractivity contribution in [2.45, 2.75) is 44.8 Å². The Morgan fingerprint density at radius 1 is 1.57 bits per heavy atom. The molecule has 0 aromatic carbocycles. The van der Waals surface area contributed by atoms with Crippen LogP contribution in [0.1, 0.15) is 41.7 Å². The van der Waals surface area contributed by atoms with Gasteiger partial charge in [-0.1, -0.05) is 0 Å². The number of rotatable bonds is 3. The number of carbonyl (C=O) groups is 1. The minimum atomic E-state index is -0.0748. The van der Waals surface area contributed by atoms with Crippen LogP contribution < -0.4 is 0 Å². The summed E-state index contributed by atoms with van der Waals surface area (Å²) in [4.78, 5) is 18.6. The first-order chi connectivity index (χ1) is 10.1. The SMILES string of the molecule is CCOC1COC2(CCN(C(=O)c3csc(C)n3)CC2)C1. The molecule has 5 nitrogen and oxygen atoms in total. The molecule has 116 valence electrons. The lowest BCUT2D eigenvalue weighted by Crippen LogP contribution is -2.46. The van der Waals surface area contributed by atoms with E-state index in [4.69, 9.17) is 9.47 Å². The second-order valence-electron chi connectivity index (χ2n) is 5.82. The third kappa shape index (κ3) is 3.12. The van der Waals surface area contributed by atoms with Gasteiger partial charge in [0.2, 0.25) is 0 Å². The molecule has 0 saturated carbocycles. The summed E-state index contributed by atoms with van der Waals surface area (Å²) in [5, 5.41) is 2.78. The molecular weight excluding hydrogens is 288 g/mol. The number of likely N-dealkylation sites (tertiary alicyclic amines) is 1. The first kappa shape index (κ1) is 14.9. The number of carbonyl (C=O) groups excluding carboxylic acids is 1. The Morgan fingerprint density at radius 3 is 2.95 bits per heavy atom. The van der Waals surface area contributed by atoms with Crippen LogP contribution in [0.4, 0.5) is 0 Å². The van der Waals surface area contributed by atoms with Gasteiger partial charge < -0.3 is 14.4 Å². The molecule has 1 aromatic heterocycles. The van der Waals surface area contributed by atoms with Gasteiger partial charge in [-0.2, -0.15) is 0 Å². The van der Waals surface area contributed by atoms with Crippen LogP contribution in [0, 0.1) is 6.92 Å². The minimum Gasteiger partial charge on any atom is -0.376 e. The Kier molecular flexibility index (Phi) is 4.28. The van der Waals surface area contributed by atoms with Crippen LogP contribution in [0.15, 0.2) is 5.38 Å². The molecule has 0 N–H and O–H groups in total. The fourth-order valence-electron chi connectivity index (χ4n) is 3.23. The molecule has 21 heavy (non-hydrogen) atoms. The van der Waals surface area contributed by atoms with Crippen molar-refractivity contribution < 1.29 is 14.3 Å². The lowest BCUT2D eigenvalue weighted by atomic mass is 9.88. The van der Waals surface area contributed by atoms with Crippen molar-refractivity contribution >= 4 is 17.2 Å². The van der Waals surface area contributed by atoms with E-state index in [1.807, 2.05) is 24.1 Å². The smallest absolute Gasteiger partial charge is 0.273 e. The Labute approximate surface area is 129 Å². The van der Waals surface area contributed by atoms with E-state index in [-0.39, 0.29) is 17.6 Å². The van der Waals surface area contributed by atoms with Crippen LogP contribution in [-0.4, -0.2) is 53.8 Å². The molecule has 2 fully saturated rings. The largest absolute Gasteiger partial charge is 0.376 e. The highest BCUT2D eigenvalue weighted by Gasteiger charge is 2.43. The molecule has 3 rings (SSSR count). The standard InChI is InChI=1S/C15H22N2O3S/c1-3-19-12-8-15(20-9-12)4-6-17(7-5-15)14(18)13-10-21-11(2)16-13/h10,12H,3-9H2,1-2H3. The Balaban J connectivity index is 1.57. The zero-order chi connectivity index (χ0) is 14.9. The third-order valence-corrected chi connectivity index (χ3v) is 5.15. The van der Waals surface area contributed by atoms with Crippen molar-refractivity contribution in [2.75, 3.05) is 26.3 Å². The second kappa shape index (κ2) is 6.02. The molecule has 2 aliphatic rings. The molecule has 1 unspecified atom stereocenters. The molecule has 1 amide bonds. The number of aromatic nitrogens is 1. The Morgan fingerprint density at radius 2 is 2.33 bits per heavy atom. The third-order valence-electron chi connectivity index (χ3n) is 4.38. The number of hydrogen-bond acceptors (Lipinski definition) is 5. The summed E-state index contributed by atoms with van der Waals surface area (Å²) >= 11 is 1.52. The van der Waals surface area contributed by atoms with Crippen molar-refractivity contribution in [1.82, 2.24) is 9.88 Å². The predicted molar refractivity (Wildman–Crippen MR) is 80.7 cm³/mol. The van der Waals surface area contributed by atoms with Gasteiger partial charge >= 0.3 is 0 Å². The van der Waals surface area contributed by atoms with E-state index in [0.717, 1.165) is 44.0 Å². The van der Waals surface area contributed by atoms with Crippen LogP contribution in [0.5, 0.6) is 0 Å². The molecule has 0 bridgehead atoms. The fourth-order valence-corrected chi connectivity index (χ4v) is 3.82. The monoisotopic (exact) mass is 310 g/mol. The van der Waals surface area contributed by atoms with Crippen LogP contribution in [0.25, 0.3) is 0 Å². The zero-order valence-corrected chi connectivity index (χ0v) is 13.4. The molecule has 0 radical (unpaired) electrons. The summed E-state index contributed by atoms with van der Waals surface area (Å²) in [5.74, 6) is 0.0496. The molecule has 0 aliphatic carbocycles. The van der Waals surface area contributed by atoms with Gasteiger partial charge in [-0.3, -0.25) is 4.79 Å². The number of piperidine rings is 1. The van der Waals surface area contributed by atoms with E-state index >= 15 is 0 Å². The first-order valence-corrected chi connectivity index (χ1v) is 8.47. The Bertz CT molecular complexity index is 509.